The molecular weight excluding hydrogens is 326 g/mol. The first-order valence-electron chi connectivity index (χ1n) is 9.11. The highest BCUT2D eigenvalue weighted by atomic mass is 32.1. The van der Waals surface area contributed by atoms with Crippen LogP contribution in [-0.4, -0.2) is 23.1 Å². The highest BCUT2D eigenvalue weighted by molar-refractivity contribution is 7.80. The molecule has 0 unspecified atom stereocenters. The van der Waals surface area contributed by atoms with Gasteiger partial charge in [0.1, 0.15) is 0 Å². The highest BCUT2D eigenvalue weighted by Crippen LogP contribution is 2.15. The van der Waals surface area contributed by atoms with E-state index in [-0.39, 0.29) is 0 Å². The van der Waals surface area contributed by atoms with Crippen LogP contribution in [0.3, 0.4) is 0 Å². The van der Waals surface area contributed by atoms with E-state index >= 15 is 0 Å². The molecule has 0 atom stereocenters. The molecule has 2 N–H and O–H groups in total. The fraction of sp³-hybridized carbons (Fsp3) is 0.381. The topological polar surface area (TPSA) is 27.3 Å². The molecule has 25 heavy (non-hydrogen) atoms. The monoisotopic (exact) mass is 353 g/mol. The second-order valence-electron chi connectivity index (χ2n) is 6.83. The summed E-state index contributed by atoms with van der Waals surface area (Å²) in [6.07, 6.45) is 4.05. The third kappa shape index (κ3) is 5.83. The molecule has 1 saturated heterocycles. The molecule has 0 aromatic heterocycles. The van der Waals surface area contributed by atoms with Crippen molar-refractivity contribution in [2.75, 3.05) is 18.4 Å². The number of piperidine rings is 1. The SMILES string of the molecule is Cc1ccc(CNC(=S)Nc2ccc(CN3CCCCC3)cc2)cc1. The van der Waals surface area contributed by atoms with Gasteiger partial charge in [0.25, 0.3) is 0 Å². The molecule has 4 heteroatoms. The second-order valence-corrected chi connectivity index (χ2v) is 7.24. The maximum absolute atomic E-state index is 5.39. The maximum atomic E-state index is 5.39. The molecule has 1 fully saturated rings. The average Bonchev–Trinajstić information content (AvgIpc) is 2.64. The summed E-state index contributed by atoms with van der Waals surface area (Å²) in [5, 5.41) is 7.18. The van der Waals surface area contributed by atoms with E-state index in [2.05, 4.69) is 71.0 Å². The van der Waals surface area contributed by atoms with Gasteiger partial charge in [-0.3, -0.25) is 4.90 Å². The van der Waals surface area contributed by atoms with Crippen LogP contribution in [-0.2, 0) is 13.1 Å². The fourth-order valence-electron chi connectivity index (χ4n) is 3.13. The lowest BCUT2D eigenvalue weighted by Crippen LogP contribution is -2.29. The molecule has 0 aliphatic carbocycles. The first-order chi connectivity index (χ1) is 12.2. The van der Waals surface area contributed by atoms with Gasteiger partial charge in [-0.2, -0.15) is 0 Å². The van der Waals surface area contributed by atoms with Crippen molar-refractivity contribution in [3.8, 4) is 0 Å². The van der Waals surface area contributed by atoms with Gasteiger partial charge >= 0.3 is 0 Å². The van der Waals surface area contributed by atoms with Crippen LogP contribution in [0.2, 0.25) is 0 Å². The number of hydrogen-bond donors (Lipinski definition) is 2. The predicted molar refractivity (Wildman–Crippen MR) is 110 cm³/mol. The zero-order valence-electron chi connectivity index (χ0n) is 14.9. The average molecular weight is 354 g/mol. The van der Waals surface area contributed by atoms with Crippen LogP contribution in [0.4, 0.5) is 5.69 Å². The Hall–Kier alpha value is -1.91. The van der Waals surface area contributed by atoms with Crippen LogP contribution in [0.1, 0.15) is 36.0 Å². The molecule has 0 radical (unpaired) electrons. The van der Waals surface area contributed by atoms with Crippen molar-refractivity contribution in [3.05, 3.63) is 65.2 Å². The number of benzene rings is 2. The van der Waals surface area contributed by atoms with Gasteiger partial charge < -0.3 is 10.6 Å². The largest absolute Gasteiger partial charge is 0.358 e. The van der Waals surface area contributed by atoms with Crippen LogP contribution in [0.15, 0.2) is 48.5 Å². The molecule has 1 aliphatic rings. The number of likely N-dealkylation sites (tertiary alicyclic amines) is 1. The summed E-state index contributed by atoms with van der Waals surface area (Å²) in [5.74, 6) is 0. The van der Waals surface area contributed by atoms with E-state index in [1.165, 1.54) is 49.0 Å². The van der Waals surface area contributed by atoms with Crippen molar-refractivity contribution in [1.29, 1.82) is 0 Å². The van der Waals surface area contributed by atoms with Gasteiger partial charge in [0.05, 0.1) is 0 Å². The summed E-state index contributed by atoms with van der Waals surface area (Å²) in [6, 6.07) is 17.1. The standard InChI is InChI=1S/C21H27N3S/c1-17-5-7-18(8-6-17)15-22-21(25)23-20-11-9-19(10-12-20)16-24-13-3-2-4-14-24/h5-12H,2-4,13-16H2,1H3,(H2,22,23,25). The Bertz CT molecular complexity index is 673. The fourth-order valence-corrected chi connectivity index (χ4v) is 3.32. The molecule has 0 amide bonds. The minimum Gasteiger partial charge on any atom is -0.358 e. The van der Waals surface area contributed by atoms with Gasteiger partial charge in [-0.25, -0.2) is 0 Å². The zero-order chi connectivity index (χ0) is 17.5. The van der Waals surface area contributed by atoms with Gasteiger partial charge in [0.15, 0.2) is 5.11 Å². The van der Waals surface area contributed by atoms with E-state index in [1.807, 2.05) is 0 Å². The number of anilines is 1. The van der Waals surface area contributed by atoms with Gasteiger partial charge in [0.2, 0.25) is 0 Å². The first-order valence-corrected chi connectivity index (χ1v) is 9.51. The Morgan fingerprint density at radius 3 is 2.24 bits per heavy atom. The third-order valence-electron chi connectivity index (χ3n) is 4.64. The summed E-state index contributed by atoms with van der Waals surface area (Å²) in [6.45, 7) is 6.34. The number of thiocarbonyl (C=S) groups is 1. The predicted octanol–water partition coefficient (Wildman–Crippen LogP) is 4.47. The Morgan fingerprint density at radius 2 is 1.56 bits per heavy atom. The van der Waals surface area contributed by atoms with Crippen molar-refractivity contribution in [3.63, 3.8) is 0 Å². The summed E-state index contributed by atoms with van der Waals surface area (Å²) in [5.41, 5.74) is 4.90. The highest BCUT2D eigenvalue weighted by Gasteiger charge is 2.10. The van der Waals surface area contributed by atoms with Crippen molar-refractivity contribution in [1.82, 2.24) is 10.2 Å². The molecule has 0 spiro atoms. The lowest BCUT2D eigenvalue weighted by atomic mass is 10.1. The Labute approximate surface area is 156 Å². The molecular formula is C21H27N3S. The smallest absolute Gasteiger partial charge is 0.171 e. The summed E-state index contributed by atoms with van der Waals surface area (Å²) < 4.78 is 0. The number of hydrogen-bond acceptors (Lipinski definition) is 2. The molecule has 3 rings (SSSR count). The van der Waals surface area contributed by atoms with Gasteiger partial charge in [0, 0.05) is 18.8 Å². The molecule has 0 saturated carbocycles. The van der Waals surface area contributed by atoms with E-state index in [4.69, 9.17) is 12.2 Å². The van der Waals surface area contributed by atoms with Gasteiger partial charge in [-0.05, 0) is 68.3 Å². The zero-order valence-corrected chi connectivity index (χ0v) is 15.7. The molecule has 1 aliphatic heterocycles. The van der Waals surface area contributed by atoms with Crippen LogP contribution in [0.25, 0.3) is 0 Å². The molecule has 132 valence electrons. The van der Waals surface area contributed by atoms with Crippen molar-refractivity contribution in [2.45, 2.75) is 39.3 Å². The number of nitrogens with zero attached hydrogens (tertiary/aromatic N) is 1. The minimum absolute atomic E-state index is 0.657. The Balaban J connectivity index is 1.45. The maximum Gasteiger partial charge on any atom is 0.171 e. The van der Waals surface area contributed by atoms with E-state index in [0.29, 0.717) is 5.11 Å². The second kappa shape index (κ2) is 8.97. The summed E-state index contributed by atoms with van der Waals surface area (Å²) in [7, 11) is 0. The number of rotatable bonds is 5. The Kier molecular flexibility index (Phi) is 6.42. The molecule has 0 bridgehead atoms. The molecule has 2 aromatic rings. The lowest BCUT2D eigenvalue weighted by Gasteiger charge is -2.26. The van der Waals surface area contributed by atoms with Gasteiger partial charge in [-0.1, -0.05) is 48.4 Å². The Morgan fingerprint density at radius 1 is 0.920 bits per heavy atom. The van der Waals surface area contributed by atoms with Crippen LogP contribution < -0.4 is 10.6 Å². The van der Waals surface area contributed by atoms with Crippen molar-refractivity contribution in [2.24, 2.45) is 0 Å². The quantitative estimate of drug-likeness (QED) is 0.776. The summed E-state index contributed by atoms with van der Waals surface area (Å²) >= 11 is 5.39. The van der Waals surface area contributed by atoms with Crippen molar-refractivity contribution >= 4 is 23.0 Å². The number of aryl methyl sites for hydroxylation is 1. The lowest BCUT2D eigenvalue weighted by molar-refractivity contribution is 0.221. The normalized spacial score (nSPS) is 14.9. The first kappa shape index (κ1) is 17.9. The molecule has 3 nitrogen and oxygen atoms in total. The van der Waals surface area contributed by atoms with Crippen LogP contribution >= 0.6 is 12.2 Å². The van der Waals surface area contributed by atoms with E-state index in [0.717, 1.165) is 18.8 Å². The van der Waals surface area contributed by atoms with E-state index in [1.54, 1.807) is 0 Å². The minimum atomic E-state index is 0.657. The molecule has 2 aromatic carbocycles. The summed E-state index contributed by atoms with van der Waals surface area (Å²) in [4.78, 5) is 2.54. The van der Waals surface area contributed by atoms with Crippen LogP contribution in [0, 0.1) is 6.92 Å². The van der Waals surface area contributed by atoms with Crippen LogP contribution in [0.5, 0.6) is 0 Å². The van der Waals surface area contributed by atoms with Gasteiger partial charge in [-0.15, -0.1) is 0 Å². The molecule has 1 heterocycles. The third-order valence-corrected chi connectivity index (χ3v) is 4.89. The van der Waals surface area contributed by atoms with E-state index < -0.39 is 0 Å². The number of nitrogens with one attached hydrogen (secondary N) is 2. The van der Waals surface area contributed by atoms with Crippen molar-refractivity contribution < 1.29 is 0 Å². The van der Waals surface area contributed by atoms with E-state index in [9.17, 15) is 0 Å².